The van der Waals surface area contributed by atoms with Gasteiger partial charge >= 0.3 is 0 Å². The molecule has 6 rings (SSSR count). The van der Waals surface area contributed by atoms with Crippen molar-refractivity contribution in [3.8, 4) is 33.4 Å². The van der Waals surface area contributed by atoms with Crippen LogP contribution in [0.1, 0.15) is 16.7 Å². The SMILES string of the molecule is O[Si](Cc1ccc(-c2ccccc2)cc1)(Cc1ccc(-c2ccccc2)cc1)Cc1ccc(-c2ccccc2)cc1. The van der Waals surface area contributed by atoms with Gasteiger partial charge in [-0.2, -0.15) is 0 Å². The Balaban J connectivity index is 1.25. The average molecular weight is 547 g/mol. The van der Waals surface area contributed by atoms with Gasteiger partial charge in [-0.3, -0.25) is 0 Å². The van der Waals surface area contributed by atoms with Crippen molar-refractivity contribution in [2.24, 2.45) is 0 Å². The van der Waals surface area contributed by atoms with Crippen molar-refractivity contribution in [1.29, 1.82) is 0 Å². The van der Waals surface area contributed by atoms with Crippen molar-refractivity contribution in [2.45, 2.75) is 18.1 Å². The van der Waals surface area contributed by atoms with Crippen LogP contribution < -0.4 is 0 Å². The normalized spacial score (nSPS) is 11.3. The maximum atomic E-state index is 12.4. The molecule has 0 unspecified atom stereocenters. The van der Waals surface area contributed by atoms with E-state index in [0.29, 0.717) is 18.1 Å². The number of hydrogen-bond acceptors (Lipinski definition) is 1. The molecule has 6 aromatic rings. The highest BCUT2D eigenvalue weighted by Gasteiger charge is 2.32. The predicted octanol–water partition coefficient (Wildman–Crippen LogP) is 9.27. The van der Waals surface area contributed by atoms with E-state index in [1.807, 2.05) is 18.2 Å². The average Bonchev–Trinajstić information content (AvgIpc) is 3.03. The van der Waals surface area contributed by atoms with E-state index in [-0.39, 0.29) is 0 Å². The molecule has 0 aliphatic rings. The molecule has 41 heavy (non-hydrogen) atoms. The quantitative estimate of drug-likeness (QED) is 0.179. The molecular weight excluding hydrogens is 513 g/mol. The van der Waals surface area contributed by atoms with Gasteiger partial charge in [0.05, 0.1) is 0 Å². The van der Waals surface area contributed by atoms with Crippen LogP contribution >= 0.6 is 0 Å². The smallest absolute Gasteiger partial charge is 0.201 e. The predicted molar refractivity (Wildman–Crippen MR) is 175 cm³/mol. The van der Waals surface area contributed by atoms with E-state index >= 15 is 0 Å². The van der Waals surface area contributed by atoms with Gasteiger partial charge in [0.25, 0.3) is 0 Å². The molecule has 200 valence electrons. The van der Waals surface area contributed by atoms with Crippen molar-refractivity contribution < 1.29 is 4.80 Å². The zero-order valence-electron chi connectivity index (χ0n) is 23.2. The van der Waals surface area contributed by atoms with Crippen LogP contribution in [0.3, 0.4) is 0 Å². The summed E-state index contributed by atoms with van der Waals surface area (Å²) in [7, 11) is -2.76. The van der Waals surface area contributed by atoms with Gasteiger partial charge in [-0.15, -0.1) is 0 Å². The third kappa shape index (κ3) is 6.81. The van der Waals surface area contributed by atoms with E-state index in [2.05, 4.69) is 146 Å². The van der Waals surface area contributed by atoms with Gasteiger partial charge in [0.1, 0.15) is 0 Å². The van der Waals surface area contributed by atoms with Gasteiger partial charge in [0.15, 0.2) is 0 Å². The van der Waals surface area contributed by atoms with Crippen LogP contribution in [0.4, 0.5) is 0 Å². The Morgan fingerprint density at radius 1 is 0.293 bits per heavy atom. The third-order valence-electron chi connectivity index (χ3n) is 7.78. The lowest BCUT2D eigenvalue weighted by Crippen LogP contribution is -2.44. The topological polar surface area (TPSA) is 20.2 Å². The molecule has 0 heterocycles. The second-order valence-electron chi connectivity index (χ2n) is 10.9. The fourth-order valence-corrected chi connectivity index (χ4v) is 9.03. The van der Waals surface area contributed by atoms with Crippen LogP contribution in [0.2, 0.25) is 0 Å². The van der Waals surface area contributed by atoms with Crippen LogP contribution in [0.5, 0.6) is 0 Å². The van der Waals surface area contributed by atoms with Crippen LogP contribution in [-0.2, 0) is 18.1 Å². The summed E-state index contributed by atoms with van der Waals surface area (Å²) < 4.78 is 0. The Hall–Kier alpha value is -4.50. The lowest BCUT2D eigenvalue weighted by molar-refractivity contribution is 0.523. The highest BCUT2D eigenvalue weighted by atomic mass is 28.4. The van der Waals surface area contributed by atoms with E-state index < -0.39 is 8.32 Å². The molecule has 0 aromatic heterocycles. The van der Waals surface area contributed by atoms with Crippen LogP contribution in [-0.4, -0.2) is 13.1 Å². The first-order valence-corrected chi connectivity index (χ1v) is 16.9. The third-order valence-corrected chi connectivity index (χ3v) is 11.0. The van der Waals surface area contributed by atoms with E-state index in [1.165, 1.54) is 50.1 Å². The highest BCUT2D eigenvalue weighted by Crippen LogP contribution is 2.27. The fourth-order valence-electron chi connectivity index (χ4n) is 5.66. The summed E-state index contributed by atoms with van der Waals surface area (Å²) in [6, 6.07) is 59.8. The molecule has 0 aliphatic heterocycles. The minimum absolute atomic E-state index is 0.711. The minimum atomic E-state index is -2.76. The first-order valence-electron chi connectivity index (χ1n) is 14.3. The minimum Gasteiger partial charge on any atom is -0.431 e. The van der Waals surface area contributed by atoms with E-state index in [9.17, 15) is 4.80 Å². The van der Waals surface area contributed by atoms with Crippen LogP contribution in [0.15, 0.2) is 164 Å². The Bertz CT molecular complexity index is 1460. The summed E-state index contributed by atoms with van der Waals surface area (Å²) in [5.74, 6) is 0. The molecule has 0 atom stereocenters. The summed E-state index contributed by atoms with van der Waals surface area (Å²) in [6.07, 6.45) is 0. The van der Waals surface area contributed by atoms with Crippen molar-refractivity contribution in [3.05, 3.63) is 180 Å². The van der Waals surface area contributed by atoms with Gasteiger partial charge in [0, 0.05) is 0 Å². The van der Waals surface area contributed by atoms with Gasteiger partial charge in [-0.25, -0.2) is 0 Å². The van der Waals surface area contributed by atoms with E-state index in [4.69, 9.17) is 0 Å². The second-order valence-corrected chi connectivity index (χ2v) is 14.5. The summed E-state index contributed by atoms with van der Waals surface area (Å²) in [6.45, 7) is 0. The molecule has 0 amide bonds. The molecular formula is C39H34OSi. The highest BCUT2D eigenvalue weighted by molar-refractivity contribution is 6.70. The maximum Gasteiger partial charge on any atom is 0.201 e. The molecule has 0 saturated heterocycles. The Kier molecular flexibility index (Phi) is 8.04. The molecule has 1 nitrogen and oxygen atoms in total. The molecule has 0 radical (unpaired) electrons. The summed E-state index contributed by atoms with van der Waals surface area (Å²) in [4.78, 5) is 12.4. The molecule has 0 bridgehead atoms. The molecule has 0 spiro atoms. The molecule has 2 heteroatoms. The first kappa shape index (κ1) is 26.7. The van der Waals surface area contributed by atoms with Gasteiger partial charge in [-0.05, 0) is 68.2 Å². The van der Waals surface area contributed by atoms with E-state index in [0.717, 1.165) is 0 Å². The fraction of sp³-hybridized carbons (Fsp3) is 0.0769. The summed E-state index contributed by atoms with van der Waals surface area (Å²) in [5.41, 5.74) is 10.8. The number of rotatable bonds is 9. The standard InChI is InChI=1S/C39H34OSi/c40-41(28-31-16-22-37(23-17-31)34-10-4-1-5-11-34,29-32-18-24-38(25-19-32)35-12-6-2-7-13-35)30-33-20-26-39(27-21-33)36-14-8-3-9-15-36/h1-27,40H,28-30H2. The first-order chi connectivity index (χ1) is 20.1. The second kappa shape index (κ2) is 12.3. The number of benzene rings is 6. The summed E-state index contributed by atoms with van der Waals surface area (Å²) in [5, 5.41) is 0. The zero-order valence-corrected chi connectivity index (χ0v) is 24.2. The van der Waals surface area contributed by atoms with Crippen molar-refractivity contribution in [2.75, 3.05) is 0 Å². The van der Waals surface area contributed by atoms with E-state index in [1.54, 1.807) is 0 Å². The Morgan fingerprint density at radius 3 is 0.756 bits per heavy atom. The molecule has 0 saturated carbocycles. The largest absolute Gasteiger partial charge is 0.431 e. The van der Waals surface area contributed by atoms with Crippen molar-refractivity contribution >= 4 is 8.32 Å². The number of hydrogen-bond donors (Lipinski definition) is 1. The summed E-state index contributed by atoms with van der Waals surface area (Å²) >= 11 is 0. The van der Waals surface area contributed by atoms with Crippen LogP contribution in [0, 0.1) is 0 Å². The van der Waals surface area contributed by atoms with Crippen LogP contribution in [0.25, 0.3) is 33.4 Å². The van der Waals surface area contributed by atoms with Crippen molar-refractivity contribution in [1.82, 2.24) is 0 Å². The maximum absolute atomic E-state index is 12.4. The lowest BCUT2D eigenvalue weighted by atomic mass is 10.0. The molecule has 0 aliphatic carbocycles. The lowest BCUT2D eigenvalue weighted by Gasteiger charge is -2.26. The van der Waals surface area contributed by atoms with Gasteiger partial charge < -0.3 is 4.80 Å². The van der Waals surface area contributed by atoms with Gasteiger partial charge in [-0.1, -0.05) is 164 Å². The molecule has 6 aromatic carbocycles. The monoisotopic (exact) mass is 546 g/mol. The molecule has 1 N–H and O–H groups in total. The van der Waals surface area contributed by atoms with Crippen molar-refractivity contribution in [3.63, 3.8) is 0 Å². The van der Waals surface area contributed by atoms with Gasteiger partial charge in [0.2, 0.25) is 8.32 Å². The Morgan fingerprint density at radius 2 is 0.512 bits per heavy atom. The zero-order chi connectivity index (χ0) is 27.9. The molecule has 0 fully saturated rings. The Labute approximate surface area is 244 Å².